The fourth-order valence-electron chi connectivity index (χ4n) is 4.07. The zero-order chi connectivity index (χ0) is 30.1. The smallest absolute Gasteiger partial charge is 0.317 e. The molecule has 4 unspecified atom stereocenters. The number of carboxylic acid groups (broad SMARTS) is 2. The molecule has 0 aromatic heterocycles. The average Bonchev–Trinajstić information content (AvgIpc) is 2.85. The van der Waals surface area contributed by atoms with Crippen molar-refractivity contribution in [2.24, 2.45) is 0 Å². The van der Waals surface area contributed by atoms with Gasteiger partial charge in [-0.15, -0.1) is 0 Å². The first kappa shape index (κ1) is 36.9. The molecule has 0 aliphatic carbocycles. The third kappa shape index (κ3) is 18.4. The highest BCUT2D eigenvalue weighted by atomic mass is 31.1. The molecule has 1 aliphatic heterocycles. The third-order valence-corrected chi connectivity index (χ3v) is 6.76. The van der Waals surface area contributed by atoms with Gasteiger partial charge >= 0.3 is 28.4 Å². The van der Waals surface area contributed by atoms with Gasteiger partial charge in [0.2, 0.25) is 0 Å². The van der Waals surface area contributed by atoms with Crippen molar-refractivity contribution in [2.75, 3.05) is 105 Å². The molecule has 1 rings (SSSR count). The molecule has 1 heterocycles. The van der Waals surface area contributed by atoms with Gasteiger partial charge in [0.25, 0.3) is 0 Å². The van der Waals surface area contributed by atoms with Crippen molar-refractivity contribution in [1.82, 2.24) is 24.5 Å². The lowest BCUT2D eigenvalue weighted by molar-refractivity contribution is -0.139. The van der Waals surface area contributed by atoms with Crippen LogP contribution in [0.2, 0.25) is 0 Å². The van der Waals surface area contributed by atoms with Crippen molar-refractivity contribution in [3.63, 3.8) is 0 Å². The summed E-state index contributed by atoms with van der Waals surface area (Å²) in [6.45, 7) is 0.563. The number of aliphatic hydroxyl groups excluding tert-OH is 3. The fraction of sp³-hybridized carbons (Fsp3) is 0.900. The molecule has 40 heavy (non-hydrogen) atoms. The van der Waals surface area contributed by atoms with E-state index in [2.05, 4.69) is 0 Å². The molecule has 0 aromatic rings. The number of β-amino-alcohol motifs (C(OH)–C–C–N with tert-alkyl or cyclic N) is 1. The number of hydrogen-bond donors (Lipinski definition) is 7. The van der Waals surface area contributed by atoms with E-state index in [0.717, 1.165) is 0 Å². The van der Waals surface area contributed by atoms with E-state index in [4.69, 9.17) is 23.9 Å². The summed E-state index contributed by atoms with van der Waals surface area (Å²) in [6.07, 6.45) is -2.21. The Labute approximate surface area is 233 Å². The van der Waals surface area contributed by atoms with Crippen LogP contribution in [0, 0.1) is 0 Å². The minimum atomic E-state index is -3.27. The van der Waals surface area contributed by atoms with E-state index in [1.165, 1.54) is 4.90 Å². The van der Waals surface area contributed by atoms with Crippen LogP contribution in [0.15, 0.2) is 0 Å². The second kappa shape index (κ2) is 20.7. The summed E-state index contributed by atoms with van der Waals surface area (Å²) in [4.78, 5) is 49.1. The maximum Gasteiger partial charge on any atom is 0.317 e. The van der Waals surface area contributed by atoms with Crippen molar-refractivity contribution in [3.8, 4) is 0 Å². The van der Waals surface area contributed by atoms with Crippen molar-refractivity contribution in [1.29, 1.82) is 0 Å². The maximum absolute atomic E-state index is 11.4. The number of carboxylic acids is 2. The Morgan fingerprint density at radius 1 is 0.725 bits per heavy atom. The van der Waals surface area contributed by atoms with Gasteiger partial charge < -0.3 is 35.3 Å². The molecule has 0 aromatic carbocycles. The van der Waals surface area contributed by atoms with E-state index in [1.807, 2.05) is 4.90 Å². The van der Waals surface area contributed by atoms with Gasteiger partial charge in [0.05, 0.1) is 31.9 Å². The molecule has 236 valence electrons. The van der Waals surface area contributed by atoms with Crippen LogP contribution in [-0.2, 0) is 27.8 Å². The summed E-state index contributed by atoms with van der Waals surface area (Å²) >= 11 is 0. The predicted molar refractivity (Wildman–Crippen MR) is 141 cm³/mol. The zero-order valence-corrected chi connectivity index (χ0v) is 24.3. The molecule has 1 fully saturated rings. The topological polar surface area (TPSA) is 245 Å². The van der Waals surface area contributed by atoms with Gasteiger partial charge in [0.1, 0.15) is 13.5 Å². The number of aliphatic hydroxyl groups is 3. The van der Waals surface area contributed by atoms with Crippen LogP contribution in [0.5, 0.6) is 0 Å². The van der Waals surface area contributed by atoms with Gasteiger partial charge in [-0.2, -0.15) is 0 Å². The van der Waals surface area contributed by atoms with E-state index in [9.17, 15) is 39.1 Å². The van der Waals surface area contributed by atoms with Crippen LogP contribution in [0.25, 0.3) is 0 Å². The van der Waals surface area contributed by atoms with Crippen LogP contribution >= 0.6 is 16.5 Å². The minimum absolute atomic E-state index is 0.0760. The fourth-order valence-corrected chi connectivity index (χ4v) is 4.66. The van der Waals surface area contributed by atoms with E-state index < -0.39 is 47.3 Å². The quantitative estimate of drug-likeness (QED) is 0.0605. The summed E-state index contributed by atoms with van der Waals surface area (Å²) in [5.41, 5.74) is 0. The number of rotatable bonds is 17. The Bertz CT molecular complexity index is 770. The number of carbonyl (C=O) groups is 2. The van der Waals surface area contributed by atoms with Crippen LogP contribution in [0.1, 0.15) is 0 Å². The van der Waals surface area contributed by atoms with Crippen LogP contribution < -0.4 is 0 Å². The molecule has 1 saturated heterocycles. The molecule has 20 heteroatoms. The van der Waals surface area contributed by atoms with Gasteiger partial charge in [0, 0.05) is 72.0 Å². The summed E-state index contributed by atoms with van der Waals surface area (Å²) in [7, 11) is -6.46. The Morgan fingerprint density at radius 2 is 1.15 bits per heavy atom. The largest absolute Gasteiger partial charge is 0.480 e. The monoisotopic (exact) mass is 623 g/mol. The van der Waals surface area contributed by atoms with Crippen molar-refractivity contribution in [3.05, 3.63) is 0 Å². The summed E-state index contributed by atoms with van der Waals surface area (Å²) < 4.78 is 31.6. The Hall–Kier alpha value is -1.08. The highest BCUT2D eigenvalue weighted by Crippen LogP contribution is 2.16. The normalized spacial score (nSPS) is 20.9. The van der Waals surface area contributed by atoms with Crippen molar-refractivity contribution >= 4 is 28.4 Å². The third-order valence-electron chi connectivity index (χ3n) is 6.01. The van der Waals surface area contributed by atoms with Gasteiger partial charge in [0.15, 0.2) is 0 Å². The Kier molecular flexibility index (Phi) is 19.2. The Morgan fingerprint density at radius 3 is 1.57 bits per heavy atom. The molecule has 1 aliphatic rings. The second-order valence-electron chi connectivity index (χ2n) is 9.36. The molecule has 0 spiro atoms. The summed E-state index contributed by atoms with van der Waals surface area (Å²) in [5.74, 6) is -2.09. The van der Waals surface area contributed by atoms with Gasteiger partial charge in [-0.25, -0.2) is 0 Å². The van der Waals surface area contributed by atoms with Crippen LogP contribution in [0.4, 0.5) is 0 Å². The lowest BCUT2D eigenvalue weighted by Crippen LogP contribution is -2.50. The highest BCUT2D eigenvalue weighted by molar-refractivity contribution is 7.32. The van der Waals surface area contributed by atoms with E-state index in [0.29, 0.717) is 26.2 Å². The van der Waals surface area contributed by atoms with Crippen LogP contribution in [-0.4, -0.2) is 189 Å². The average molecular weight is 624 g/mol. The highest BCUT2D eigenvalue weighted by Gasteiger charge is 2.22. The SMILES string of the molecule is O=C(O)CN1CCN(CO[PH](=O)O)CCN(CC(=O)O)CCN(CC(O)CN(CO[PH](=O)O)CC(O)CO)CC1. The molecule has 7 N–H and O–H groups in total. The molecular weight excluding hydrogens is 580 g/mol. The van der Waals surface area contributed by atoms with Gasteiger partial charge in [-0.3, -0.25) is 52.3 Å². The molecule has 18 nitrogen and oxygen atoms in total. The zero-order valence-electron chi connectivity index (χ0n) is 22.3. The molecule has 0 amide bonds. The first-order valence-corrected chi connectivity index (χ1v) is 15.1. The number of hydrogen-bond acceptors (Lipinski definition) is 14. The molecule has 4 atom stereocenters. The number of aliphatic carboxylic acids is 2. The molecule has 0 radical (unpaired) electrons. The standard InChI is InChI=1S/C20H43N5O13P2/c26-14-18(28)11-25(16-38-40(35)36)10-17(27)9-21-1-3-22(12-19(29)30)5-7-24(15-37-39(33)34)8-6-23(4-2-21)13-20(31)32/h17-18,26-28,39-40H,1-16H2,(H,29,30)(H,31,32)(H,33,34)(H,35,36). The lowest BCUT2D eigenvalue weighted by Gasteiger charge is -2.34. The first-order chi connectivity index (χ1) is 18.9. The second-order valence-corrected chi connectivity index (χ2v) is 11.0. The lowest BCUT2D eigenvalue weighted by atomic mass is 10.2. The molecule has 0 saturated carbocycles. The Balaban J connectivity index is 2.98. The number of nitrogens with zero attached hydrogens (tertiary/aromatic N) is 5. The first-order valence-electron chi connectivity index (χ1n) is 12.6. The maximum atomic E-state index is 11.4. The summed E-state index contributed by atoms with van der Waals surface area (Å²) in [6, 6.07) is 0. The van der Waals surface area contributed by atoms with Crippen molar-refractivity contribution in [2.45, 2.75) is 12.2 Å². The van der Waals surface area contributed by atoms with E-state index in [1.54, 1.807) is 14.7 Å². The van der Waals surface area contributed by atoms with Crippen molar-refractivity contribution < 1.29 is 63.1 Å². The molecular formula is C20H43N5O13P2. The van der Waals surface area contributed by atoms with Gasteiger partial charge in [-0.1, -0.05) is 0 Å². The predicted octanol–water partition coefficient (Wildman–Crippen LogP) is -3.89. The van der Waals surface area contributed by atoms with E-state index >= 15 is 0 Å². The molecule has 0 bridgehead atoms. The van der Waals surface area contributed by atoms with Crippen LogP contribution in [0.3, 0.4) is 0 Å². The minimum Gasteiger partial charge on any atom is -0.480 e. The van der Waals surface area contributed by atoms with Gasteiger partial charge in [-0.05, 0) is 0 Å². The van der Waals surface area contributed by atoms with E-state index in [-0.39, 0.29) is 72.4 Å². The summed E-state index contributed by atoms with van der Waals surface area (Å²) in [5, 5.41) is 48.4.